The summed E-state index contributed by atoms with van der Waals surface area (Å²) >= 11 is 0. The number of cyclic esters (lactones) is 1. The number of hydrogen-bond donors (Lipinski definition) is 0. The highest BCUT2D eigenvalue weighted by Gasteiger charge is 2.52. The lowest BCUT2D eigenvalue weighted by Gasteiger charge is -2.32. The van der Waals surface area contributed by atoms with Crippen molar-refractivity contribution in [3.05, 3.63) is 0 Å². The van der Waals surface area contributed by atoms with E-state index < -0.39 is 24.0 Å². The summed E-state index contributed by atoms with van der Waals surface area (Å²) in [5.41, 5.74) is 0. The summed E-state index contributed by atoms with van der Waals surface area (Å²) in [6.45, 7) is 0.00231. The highest BCUT2D eigenvalue weighted by atomic mass is 19.3. The molecule has 0 aromatic carbocycles. The molecule has 0 aromatic heterocycles. The van der Waals surface area contributed by atoms with Crippen molar-refractivity contribution in [2.24, 2.45) is 5.92 Å². The fraction of sp³-hybridized carbons (Fsp3) is 0.909. The van der Waals surface area contributed by atoms with Gasteiger partial charge in [0.1, 0.15) is 0 Å². The first-order chi connectivity index (χ1) is 7.51. The van der Waals surface area contributed by atoms with Crippen molar-refractivity contribution in [3.8, 4) is 0 Å². The van der Waals surface area contributed by atoms with Gasteiger partial charge in [-0.15, -0.1) is 0 Å². The van der Waals surface area contributed by atoms with Crippen LogP contribution in [0.5, 0.6) is 0 Å². The molecule has 92 valence electrons. The molecule has 0 bridgehead atoms. The van der Waals surface area contributed by atoms with Gasteiger partial charge in [0, 0.05) is 13.0 Å². The van der Waals surface area contributed by atoms with Gasteiger partial charge in [-0.05, 0) is 12.8 Å². The van der Waals surface area contributed by atoms with Crippen molar-refractivity contribution < 1.29 is 18.3 Å². The first-order valence-corrected chi connectivity index (χ1v) is 5.81. The number of alkyl halides is 2. The number of carbonyl (C=O) groups is 1. The number of hydrogen-bond acceptors (Lipinski definition) is 2. The number of likely N-dealkylation sites (N-methyl/N-ethyl adjacent to an activating group) is 1. The maximum absolute atomic E-state index is 14.1. The number of amides is 1. The quantitative estimate of drug-likeness (QED) is 0.733. The van der Waals surface area contributed by atoms with Gasteiger partial charge < -0.3 is 9.64 Å². The minimum absolute atomic E-state index is 0.00231. The molecular weight excluding hydrogens is 216 g/mol. The molecule has 1 saturated carbocycles. The number of rotatable bonds is 2. The molecule has 1 heterocycles. The molecule has 5 heteroatoms. The van der Waals surface area contributed by atoms with Gasteiger partial charge in [0.05, 0.1) is 6.54 Å². The molecule has 0 spiro atoms. The lowest BCUT2D eigenvalue weighted by atomic mass is 9.82. The minimum atomic E-state index is -2.87. The van der Waals surface area contributed by atoms with Crippen molar-refractivity contribution in [3.63, 3.8) is 0 Å². The van der Waals surface area contributed by atoms with Gasteiger partial charge in [-0.25, -0.2) is 13.6 Å². The van der Waals surface area contributed by atoms with Crippen molar-refractivity contribution in [2.45, 2.75) is 44.1 Å². The summed E-state index contributed by atoms with van der Waals surface area (Å²) in [6, 6.07) is 0. The van der Waals surface area contributed by atoms with Gasteiger partial charge >= 0.3 is 6.09 Å². The summed E-state index contributed by atoms with van der Waals surface area (Å²) in [7, 11) is 1.49. The van der Waals surface area contributed by atoms with Gasteiger partial charge in [-0.1, -0.05) is 19.3 Å². The number of halogens is 2. The second kappa shape index (κ2) is 4.18. The molecule has 3 nitrogen and oxygen atoms in total. The Morgan fingerprint density at radius 3 is 2.44 bits per heavy atom. The highest BCUT2D eigenvalue weighted by Crippen LogP contribution is 2.41. The van der Waals surface area contributed by atoms with Crippen LogP contribution < -0.4 is 0 Å². The number of ether oxygens (including phenoxy) is 1. The summed E-state index contributed by atoms with van der Waals surface area (Å²) in [5.74, 6) is -3.49. The molecule has 0 radical (unpaired) electrons. The Morgan fingerprint density at radius 2 is 1.94 bits per heavy atom. The maximum Gasteiger partial charge on any atom is 0.410 e. The Balaban J connectivity index is 2.03. The first kappa shape index (κ1) is 11.6. The number of nitrogens with zero attached hydrogens (tertiary/aromatic N) is 1. The average Bonchev–Trinajstić information content (AvgIpc) is 2.61. The molecule has 0 aromatic rings. The van der Waals surface area contributed by atoms with E-state index in [2.05, 4.69) is 0 Å². The molecule has 1 unspecified atom stereocenters. The van der Waals surface area contributed by atoms with Crippen LogP contribution in [-0.4, -0.2) is 36.6 Å². The standard InChI is InChI=1S/C11H17F2NO2/c1-14-7-9(16-10(14)15)11(12,13)8-5-3-2-4-6-8/h8-9H,2-7H2,1H3. The smallest absolute Gasteiger partial charge is 0.410 e. The molecule has 1 aliphatic heterocycles. The van der Waals surface area contributed by atoms with E-state index in [4.69, 9.17) is 4.74 Å². The van der Waals surface area contributed by atoms with Gasteiger partial charge in [-0.2, -0.15) is 0 Å². The van der Waals surface area contributed by atoms with E-state index >= 15 is 0 Å². The molecule has 1 aliphatic carbocycles. The van der Waals surface area contributed by atoms with Gasteiger partial charge in [-0.3, -0.25) is 0 Å². The topological polar surface area (TPSA) is 29.5 Å². The Morgan fingerprint density at radius 1 is 1.31 bits per heavy atom. The fourth-order valence-electron chi connectivity index (χ4n) is 2.52. The van der Waals surface area contributed by atoms with Crippen molar-refractivity contribution in [2.75, 3.05) is 13.6 Å². The minimum Gasteiger partial charge on any atom is -0.438 e. The largest absolute Gasteiger partial charge is 0.438 e. The second-order valence-corrected chi connectivity index (χ2v) is 4.76. The van der Waals surface area contributed by atoms with Crippen LogP contribution in [0.2, 0.25) is 0 Å². The molecule has 16 heavy (non-hydrogen) atoms. The maximum atomic E-state index is 14.1. The van der Waals surface area contributed by atoms with E-state index in [-0.39, 0.29) is 6.54 Å². The second-order valence-electron chi connectivity index (χ2n) is 4.76. The third-order valence-corrected chi connectivity index (χ3v) is 3.57. The van der Waals surface area contributed by atoms with Crippen LogP contribution >= 0.6 is 0 Å². The Hall–Kier alpha value is -0.870. The molecule has 2 aliphatic rings. The van der Waals surface area contributed by atoms with Crippen LogP contribution in [0.15, 0.2) is 0 Å². The summed E-state index contributed by atoms with van der Waals surface area (Å²) in [6.07, 6.45) is 1.95. The number of carbonyl (C=O) groups excluding carboxylic acids is 1. The zero-order valence-corrected chi connectivity index (χ0v) is 9.42. The van der Waals surface area contributed by atoms with Crippen LogP contribution in [0.3, 0.4) is 0 Å². The molecule has 2 rings (SSSR count). The zero-order valence-electron chi connectivity index (χ0n) is 9.42. The van der Waals surface area contributed by atoms with Gasteiger partial charge in [0.25, 0.3) is 5.92 Å². The van der Waals surface area contributed by atoms with E-state index in [1.165, 1.54) is 11.9 Å². The van der Waals surface area contributed by atoms with Crippen molar-refractivity contribution in [1.82, 2.24) is 4.90 Å². The van der Waals surface area contributed by atoms with E-state index in [9.17, 15) is 13.6 Å². The Bertz CT molecular complexity index is 277. The van der Waals surface area contributed by atoms with Crippen LogP contribution in [-0.2, 0) is 4.74 Å². The Kier molecular flexibility index (Phi) is 3.04. The van der Waals surface area contributed by atoms with E-state index in [1.54, 1.807) is 0 Å². The van der Waals surface area contributed by atoms with Crippen LogP contribution in [0, 0.1) is 5.92 Å². The normalized spacial score (nSPS) is 28.3. The highest BCUT2D eigenvalue weighted by molar-refractivity contribution is 5.69. The third-order valence-electron chi connectivity index (χ3n) is 3.57. The van der Waals surface area contributed by atoms with E-state index in [0.29, 0.717) is 12.8 Å². The SMILES string of the molecule is CN1CC(C(F)(F)C2CCCCC2)OC1=O. The molecule has 1 atom stereocenters. The zero-order chi connectivity index (χ0) is 11.8. The fourth-order valence-corrected chi connectivity index (χ4v) is 2.52. The predicted octanol–water partition coefficient (Wildman–Crippen LogP) is 2.65. The van der Waals surface area contributed by atoms with Crippen LogP contribution in [0.25, 0.3) is 0 Å². The molecular formula is C11H17F2NO2. The molecule has 1 saturated heterocycles. The average molecular weight is 233 g/mol. The summed E-state index contributed by atoms with van der Waals surface area (Å²) in [5, 5.41) is 0. The van der Waals surface area contributed by atoms with Crippen LogP contribution in [0.4, 0.5) is 13.6 Å². The van der Waals surface area contributed by atoms with Gasteiger partial charge in [0.15, 0.2) is 6.10 Å². The third kappa shape index (κ3) is 1.99. The van der Waals surface area contributed by atoms with Crippen molar-refractivity contribution >= 4 is 6.09 Å². The monoisotopic (exact) mass is 233 g/mol. The lowest BCUT2D eigenvalue weighted by Crippen LogP contribution is -2.43. The van der Waals surface area contributed by atoms with Gasteiger partial charge in [0.2, 0.25) is 0 Å². The first-order valence-electron chi connectivity index (χ1n) is 5.81. The van der Waals surface area contributed by atoms with E-state index in [1.807, 2.05) is 0 Å². The van der Waals surface area contributed by atoms with E-state index in [0.717, 1.165) is 19.3 Å². The van der Waals surface area contributed by atoms with Crippen molar-refractivity contribution in [1.29, 1.82) is 0 Å². The lowest BCUT2D eigenvalue weighted by molar-refractivity contribution is -0.142. The predicted molar refractivity (Wildman–Crippen MR) is 54.4 cm³/mol. The Labute approximate surface area is 93.7 Å². The molecule has 2 fully saturated rings. The van der Waals surface area contributed by atoms with Crippen LogP contribution in [0.1, 0.15) is 32.1 Å². The summed E-state index contributed by atoms with van der Waals surface area (Å²) in [4.78, 5) is 12.3. The summed E-state index contributed by atoms with van der Waals surface area (Å²) < 4.78 is 32.8. The molecule has 0 N–H and O–H groups in total. The molecule has 1 amide bonds.